The van der Waals surface area contributed by atoms with Gasteiger partial charge in [0.05, 0.1) is 18.0 Å². The summed E-state index contributed by atoms with van der Waals surface area (Å²) in [7, 11) is 0. The molecule has 0 bridgehead atoms. The van der Waals surface area contributed by atoms with E-state index in [1.807, 2.05) is 26.0 Å². The Morgan fingerprint density at radius 2 is 2.07 bits per heavy atom. The Bertz CT molecular complexity index is 798. The number of fused-ring (bicyclic) bond motifs is 1. The van der Waals surface area contributed by atoms with Gasteiger partial charge in [0.25, 0.3) is 5.95 Å². The van der Waals surface area contributed by atoms with Crippen LogP contribution in [0.15, 0.2) is 12.1 Å². The minimum Gasteiger partial charge on any atom is -0.286 e. The molecule has 0 aliphatic rings. The van der Waals surface area contributed by atoms with Crippen LogP contribution in [-0.2, 0) is 9.59 Å². The SMILES string of the molecule is CCCCCC(CN(O)C=O)C(=O)NNc1nnc2cc(C)cc(C)c2n1. The van der Waals surface area contributed by atoms with E-state index in [1.165, 1.54) is 0 Å². The monoisotopic (exact) mass is 374 g/mol. The predicted octanol–water partition coefficient (Wildman–Crippen LogP) is 2.13. The lowest BCUT2D eigenvalue weighted by Gasteiger charge is -2.19. The van der Waals surface area contributed by atoms with E-state index in [0.717, 1.165) is 30.4 Å². The molecular formula is C18H26N6O3. The van der Waals surface area contributed by atoms with Crippen LogP contribution in [-0.4, -0.2) is 44.3 Å². The van der Waals surface area contributed by atoms with Crippen molar-refractivity contribution in [2.75, 3.05) is 12.0 Å². The molecule has 3 N–H and O–H groups in total. The van der Waals surface area contributed by atoms with Crippen molar-refractivity contribution in [3.63, 3.8) is 0 Å². The van der Waals surface area contributed by atoms with Crippen LogP contribution in [0.3, 0.4) is 0 Å². The molecule has 0 aliphatic carbocycles. The van der Waals surface area contributed by atoms with Gasteiger partial charge in [-0.05, 0) is 37.5 Å². The molecule has 2 rings (SSSR count). The van der Waals surface area contributed by atoms with E-state index in [9.17, 15) is 14.8 Å². The molecule has 0 spiro atoms. The lowest BCUT2D eigenvalue weighted by Crippen LogP contribution is -2.40. The maximum atomic E-state index is 12.4. The zero-order valence-electron chi connectivity index (χ0n) is 15.9. The summed E-state index contributed by atoms with van der Waals surface area (Å²) < 4.78 is 0. The van der Waals surface area contributed by atoms with Crippen molar-refractivity contribution in [2.45, 2.75) is 46.5 Å². The Balaban J connectivity index is 2.04. The zero-order valence-corrected chi connectivity index (χ0v) is 15.9. The van der Waals surface area contributed by atoms with E-state index in [2.05, 4.69) is 33.0 Å². The number of unbranched alkanes of at least 4 members (excludes halogenated alkanes) is 2. The molecule has 1 heterocycles. The molecule has 1 aromatic heterocycles. The van der Waals surface area contributed by atoms with Crippen LogP contribution in [0.2, 0.25) is 0 Å². The minimum atomic E-state index is -0.544. The minimum absolute atomic E-state index is 0.0735. The Morgan fingerprint density at radius 1 is 1.30 bits per heavy atom. The first-order valence-electron chi connectivity index (χ1n) is 9.03. The highest BCUT2D eigenvalue weighted by molar-refractivity contribution is 5.81. The van der Waals surface area contributed by atoms with Crippen molar-refractivity contribution in [3.05, 3.63) is 23.3 Å². The van der Waals surface area contributed by atoms with Crippen LogP contribution in [0.25, 0.3) is 11.0 Å². The first-order chi connectivity index (χ1) is 12.9. The predicted molar refractivity (Wildman–Crippen MR) is 101 cm³/mol. The van der Waals surface area contributed by atoms with Gasteiger partial charge in [-0.25, -0.2) is 10.0 Å². The van der Waals surface area contributed by atoms with Crippen LogP contribution in [0, 0.1) is 19.8 Å². The van der Waals surface area contributed by atoms with E-state index in [4.69, 9.17) is 0 Å². The summed E-state index contributed by atoms with van der Waals surface area (Å²) in [6.07, 6.45) is 3.66. The fourth-order valence-corrected chi connectivity index (χ4v) is 2.88. The van der Waals surface area contributed by atoms with Crippen LogP contribution in [0.5, 0.6) is 0 Å². The Hall–Kier alpha value is -2.81. The third kappa shape index (κ3) is 5.85. The second kappa shape index (κ2) is 9.77. The van der Waals surface area contributed by atoms with Crippen molar-refractivity contribution in [1.29, 1.82) is 0 Å². The number of nitrogens with one attached hydrogen (secondary N) is 2. The van der Waals surface area contributed by atoms with Gasteiger partial charge in [0.2, 0.25) is 12.3 Å². The van der Waals surface area contributed by atoms with Gasteiger partial charge < -0.3 is 0 Å². The summed E-state index contributed by atoms with van der Waals surface area (Å²) in [5.74, 6) is -0.722. The number of nitrogens with zero attached hydrogens (tertiary/aromatic N) is 4. The normalized spacial score (nSPS) is 11.9. The largest absolute Gasteiger partial charge is 0.286 e. The Labute approximate surface area is 158 Å². The van der Waals surface area contributed by atoms with Crippen molar-refractivity contribution in [3.8, 4) is 0 Å². The summed E-state index contributed by atoms with van der Waals surface area (Å²) in [4.78, 5) is 27.5. The van der Waals surface area contributed by atoms with Crippen molar-refractivity contribution in [2.24, 2.45) is 5.92 Å². The summed E-state index contributed by atoms with van der Waals surface area (Å²) in [6, 6.07) is 3.89. The number of hydrazine groups is 1. The van der Waals surface area contributed by atoms with Gasteiger partial charge in [-0.1, -0.05) is 32.3 Å². The molecule has 27 heavy (non-hydrogen) atoms. The van der Waals surface area contributed by atoms with Crippen molar-refractivity contribution in [1.82, 2.24) is 25.7 Å². The number of aryl methyl sites for hydroxylation is 2. The van der Waals surface area contributed by atoms with E-state index in [-0.39, 0.29) is 24.8 Å². The molecular weight excluding hydrogens is 348 g/mol. The van der Waals surface area contributed by atoms with E-state index >= 15 is 0 Å². The Kier molecular flexibility index (Phi) is 7.42. The molecule has 0 fully saturated rings. The molecule has 0 saturated heterocycles. The number of hydroxylamine groups is 2. The molecule has 0 aliphatic heterocycles. The smallest absolute Gasteiger partial charge is 0.262 e. The molecule has 9 nitrogen and oxygen atoms in total. The van der Waals surface area contributed by atoms with Gasteiger partial charge in [0.15, 0.2) is 0 Å². The number of rotatable bonds is 10. The van der Waals surface area contributed by atoms with Gasteiger partial charge in [0.1, 0.15) is 5.52 Å². The van der Waals surface area contributed by atoms with Crippen molar-refractivity contribution >= 4 is 29.3 Å². The second-order valence-corrected chi connectivity index (χ2v) is 6.62. The van der Waals surface area contributed by atoms with Crippen LogP contribution in [0.1, 0.15) is 43.7 Å². The van der Waals surface area contributed by atoms with E-state index in [0.29, 0.717) is 22.5 Å². The highest BCUT2D eigenvalue weighted by atomic mass is 16.5. The number of hydrogen-bond acceptors (Lipinski definition) is 7. The number of carbonyl (C=O) groups excluding carboxylic acids is 2. The van der Waals surface area contributed by atoms with Gasteiger partial charge in [-0.2, -0.15) is 0 Å². The summed E-state index contributed by atoms with van der Waals surface area (Å²) >= 11 is 0. The highest BCUT2D eigenvalue weighted by Crippen LogP contribution is 2.17. The summed E-state index contributed by atoms with van der Waals surface area (Å²) in [6.45, 7) is 5.90. The van der Waals surface area contributed by atoms with Crippen LogP contribution < -0.4 is 10.9 Å². The number of hydrogen-bond donors (Lipinski definition) is 3. The zero-order chi connectivity index (χ0) is 19.8. The van der Waals surface area contributed by atoms with E-state index < -0.39 is 5.92 Å². The molecule has 1 unspecified atom stereocenters. The van der Waals surface area contributed by atoms with Gasteiger partial charge in [-0.15, -0.1) is 10.2 Å². The van der Waals surface area contributed by atoms with Crippen LogP contribution in [0.4, 0.5) is 5.95 Å². The maximum absolute atomic E-state index is 12.4. The number of anilines is 1. The summed E-state index contributed by atoms with van der Waals surface area (Å²) in [5.41, 5.74) is 8.64. The molecule has 1 atom stereocenters. The summed E-state index contributed by atoms with van der Waals surface area (Å²) in [5, 5.41) is 18.0. The number of aromatic nitrogens is 3. The lowest BCUT2D eigenvalue weighted by molar-refractivity contribution is -0.154. The molecule has 2 amide bonds. The molecule has 2 aromatic rings. The molecule has 1 aromatic carbocycles. The Morgan fingerprint density at radius 3 is 2.78 bits per heavy atom. The molecule has 146 valence electrons. The highest BCUT2D eigenvalue weighted by Gasteiger charge is 2.21. The standard InChI is InChI=1S/C18H26N6O3/c1-4-5-6-7-14(10-24(27)11-25)17(26)21-23-18-19-16-13(3)8-12(2)9-15(16)20-22-18/h8-9,11,14,27H,4-7,10H2,1-3H3,(H,21,26)(H,19,22,23). The van der Waals surface area contributed by atoms with Gasteiger partial charge >= 0.3 is 0 Å². The van der Waals surface area contributed by atoms with Gasteiger partial charge in [0, 0.05) is 0 Å². The fourth-order valence-electron chi connectivity index (χ4n) is 2.88. The van der Waals surface area contributed by atoms with Crippen molar-refractivity contribution < 1.29 is 14.8 Å². The number of amides is 2. The quantitative estimate of drug-likeness (QED) is 0.252. The molecule has 0 saturated carbocycles. The first-order valence-corrected chi connectivity index (χ1v) is 9.03. The average molecular weight is 374 g/mol. The first kappa shape index (κ1) is 20.5. The maximum Gasteiger partial charge on any atom is 0.262 e. The van der Waals surface area contributed by atoms with E-state index in [1.54, 1.807) is 0 Å². The average Bonchev–Trinajstić information content (AvgIpc) is 2.65. The second-order valence-electron chi connectivity index (χ2n) is 6.62. The fraction of sp³-hybridized carbons (Fsp3) is 0.500. The number of carbonyl (C=O) groups is 2. The molecule has 9 heteroatoms. The third-order valence-corrected chi connectivity index (χ3v) is 4.25. The number of benzene rings is 1. The third-order valence-electron chi connectivity index (χ3n) is 4.25. The van der Waals surface area contributed by atoms with Gasteiger partial charge in [-0.3, -0.25) is 25.6 Å². The lowest BCUT2D eigenvalue weighted by atomic mass is 10.0. The topological polar surface area (TPSA) is 120 Å². The molecule has 0 radical (unpaired) electrons. The van der Waals surface area contributed by atoms with Crippen LogP contribution >= 0.6 is 0 Å².